The molecule has 0 aromatic heterocycles. The van der Waals surface area contributed by atoms with E-state index in [2.05, 4.69) is 5.32 Å². The van der Waals surface area contributed by atoms with Crippen molar-refractivity contribution in [2.75, 3.05) is 6.54 Å². The first-order valence-corrected chi connectivity index (χ1v) is 7.34. The van der Waals surface area contributed by atoms with Crippen LogP contribution in [0.1, 0.15) is 44.9 Å². The van der Waals surface area contributed by atoms with E-state index in [-0.39, 0.29) is 29.7 Å². The smallest absolute Gasteiger partial charge is 0.306 e. The molecule has 108 valence electrons. The van der Waals surface area contributed by atoms with E-state index in [1.807, 2.05) is 0 Å². The number of hydrogen-bond donors (Lipinski definition) is 3. The van der Waals surface area contributed by atoms with Crippen LogP contribution >= 0.6 is 0 Å². The summed E-state index contributed by atoms with van der Waals surface area (Å²) in [5.41, 5.74) is 5.81. The Balaban J connectivity index is 1.80. The van der Waals surface area contributed by atoms with Gasteiger partial charge in [-0.2, -0.15) is 0 Å². The van der Waals surface area contributed by atoms with Crippen molar-refractivity contribution in [3.8, 4) is 0 Å². The van der Waals surface area contributed by atoms with Crippen molar-refractivity contribution < 1.29 is 14.7 Å². The fraction of sp³-hybridized carbons (Fsp3) is 0.857. The third-order valence-corrected chi connectivity index (χ3v) is 4.61. The van der Waals surface area contributed by atoms with Crippen molar-refractivity contribution in [2.45, 2.75) is 51.0 Å². The molecular formula is C14H24N2O3. The summed E-state index contributed by atoms with van der Waals surface area (Å²) >= 11 is 0. The molecule has 4 N–H and O–H groups in total. The topological polar surface area (TPSA) is 92.4 Å². The SMILES string of the molecule is NC1CCC(C(=O)NCC2CCCCC2C(=O)O)C1. The lowest BCUT2D eigenvalue weighted by Gasteiger charge is -2.29. The lowest BCUT2D eigenvalue weighted by molar-refractivity contribution is -0.145. The van der Waals surface area contributed by atoms with Crippen LogP contribution < -0.4 is 11.1 Å². The monoisotopic (exact) mass is 268 g/mol. The summed E-state index contributed by atoms with van der Waals surface area (Å²) in [5.74, 6) is -0.837. The Hall–Kier alpha value is -1.10. The highest BCUT2D eigenvalue weighted by atomic mass is 16.4. The van der Waals surface area contributed by atoms with E-state index in [1.54, 1.807) is 0 Å². The average molecular weight is 268 g/mol. The van der Waals surface area contributed by atoms with Crippen LogP contribution in [0.15, 0.2) is 0 Å². The minimum atomic E-state index is -0.721. The molecule has 2 aliphatic carbocycles. The number of carboxylic acids is 1. The maximum absolute atomic E-state index is 12.0. The normalized spacial score (nSPS) is 35.0. The van der Waals surface area contributed by atoms with Gasteiger partial charge in [-0.15, -0.1) is 0 Å². The van der Waals surface area contributed by atoms with Crippen molar-refractivity contribution in [3.05, 3.63) is 0 Å². The van der Waals surface area contributed by atoms with Gasteiger partial charge in [0.05, 0.1) is 5.92 Å². The highest BCUT2D eigenvalue weighted by molar-refractivity contribution is 5.79. The predicted molar refractivity (Wildman–Crippen MR) is 71.4 cm³/mol. The summed E-state index contributed by atoms with van der Waals surface area (Å²) in [6.45, 7) is 0.502. The van der Waals surface area contributed by atoms with Gasteiger partial charge in [0.2, 0.25) is 5.91 Å². The van der Waals surface area contributed by atoms with Crippen LogP contribution in [0.2, 0.25) is 0 Å². The maximum Gasteiger partial charge on any atom is 0.306 e. The second-order valence-electron chi connectivity index (χ2n) is 6.00. The van der Waals surface area contributed by atoms with E-state index in [0.717, 1.165) is 44.9 Å². The molecule has 4 unspecified atom stereocenters. The Morgan fingerprint density at radius 2 is 1.89 bits per heavy atom. The summed E-state index contributed by atoms with van der Waals surface area (Å²) in [6.07, 6.45) is 6.24. The number of carbonyl (C=O) groups is 2. The first-order valence-electron chi connectivity index (χ1n) is 7.34. The number of carboxylic acid groups (broad SMARTS) is 1. The van der Waals surface area contributed by atoms with Crippen molar-refractivity contribution >= 4 is 11.9 Å². The zero-order valence-corrected chi connectivity index (χ0v) is 11.3. The van der Waals surface area contributed by atoms with E-state index in [1.165, 1.54) is 0 Å². The Morgan fingerprint density at radius 3 is 2.53 bits per heavy atom. The number of hydrogen-bond acceptors (Lipinski definition) is 3. The fourth-order valence-corrected chi connectivity index (χ4v) is 3.41. The standard InChI is InChI=1S/C14H24N2O3/c15-11-6-5-9(7-11)13(17)16-8-10-3-1-2-4-12(10)14(18)19/h9-12H,1-8,15H2,(H,16,17)(H,18,19). The van der Waals surface area contributed by atoms with Crippen molar-refractivity contribution in [2.24, 2.45) is 23.5 Å². The van der Waals surface area contributed by atoms with E-state index in [9.17, 15) is 14.7 Å². The van der Waals surface area contributed by atoms with Crippen LogP contribution in [0, 0.1) is 17.8 Å². The molecular weight excluding hydrogens is 244 g/mol. The number of carbonyl (C=O) groups excluding carboxylic acids is 1. The van der Waals surface area contributed by atoms with Crippen LogP contribution in [0.3, 0.4) is 0 Å². The minimum Gasteiger partial charge on any atom is -0.481 e. The maximum atomic E-state index is 12.0. The molecule has 5 nitrogen and oxygen atoms in total. The highest BCUT2D eigenvalue weighted by Gasteiger charge is 2.32. The molecule has 0 heterocycles. The number of nitrogens with two attached hydrogens (primary N) is 1. The Kier molecular flexibility index (Phi) is 4.80. The quantitative estimate of drug-likeness (QED) is 0.712. The lowest BCUT2D eigenvalue weighted by atomic mass is 9.79. The van der Waals surface area contributed by atoms with Gasteiger partial charge in [-0.05, 0) is 38.0 Å². The van der Waals surface area contributed by atoms with E-state index < -0.39 is 5.97 Å². The number of amides is 1. The molecule has 2 fully saturated rings. The zero-order valence-electron chi connectivity index (χ0n) is 11.3. The van der Waals surface area contributed by atoms with Crippen LogP contribution in [0.25, 0.3) is 0 Å². The molecule has 0 aliphatic heterocycles. The largest absolute Gasteiger partial charge is 0.481 e. The van der Waals surface area contributed by atoms with Gasteiger partial charge >= 0.3 is 5.97 Å². The van der Waals surface area contributed by atoms with Crippen LogP contribution in [-0.4, -0.2) is 29.6 Å². The lowest BCUT2D eigenvalue weighted by Crippen LogP contribution is -2.39. The number of rotatable bonds is 4. The molecule has 0 aromatic carbocycles. The molecule has 2 aliphatic rings. The van der Waals surface area contributed by atoms with Crippen molar-refractivity contribution in [1.29, 1.82) is 0 Å². The van der Waals surface area contributed by atoms with Gasteiger partial charge in [-0.3, -0.25) is 9.59 Å². The third kappa shape index (κ3) is 3.69. The molecule has 1 amide bonds. The van der Waals surface area contributed by atoms with Crippen LogP contribution in [0.5, 0.6) is 0 Å². The second-order valence-corrected chi connectivity index (χ2v) is 6.00. The first-order chi connectivity index (χ1) is 9.08. The van der Waals surface area contributed by atoms with Crippen LogP contribution in [-0.2, 0) is 9.59 Å². The van der Waals surface area contributed by atoms with E-state index in [0.29, 0.717) is 6.54 Å². The zero-order chi connectivity index (χ0) is 13.8. The summed E-state index contributed by atoms with van der Waals surface area (Å²) in [5, 5.41) is 12.1. The van der Waals surface area contributed by atoms with Gasteiger partial charge < -0.3 is 16.2 Å². The number of nitrogens with one attached hydrogen (secondary N) is 1. The third-order valence-electron chi connectivity index (χ3n) is 4.61. The van der Waals surface area contributed by atoms with Crippen molar-refractivity contribution in [1.82, 2.24) is 5.32 Å². The summed E-state index contributed by atoms with van der Waals surface area (Å²) in [6, 6.07) is 0.150. The molecule has 0 radical (unpaired) electrons. The van der Waals surface area contributed by atoms with E-state index >= 15 is 0 Å². The summed E-state index contributed by atoms with van der Waals surface area (Å²) in [7, 11) is 0. The fourth-order valence-electron chi connectivity index (χ4n) is 3.41. The minimum absolute atomic E-state index is 0.0295. The molecule has 0 aromatic rings. The van der Waals surface area contributed by atoms with E-state index in [4.69, 9.17) is 5.73 Å². The molecule has 2 rings (SSSR count). The van der Waals surface area contributed by atoms with Gasteiger partial charge in [-0.1, -0.05) is 12.8 Å². The molecule has 0 saturated heterocycles. The van der Waals surface area contributed by atoms with Gasteiger partial charge in [0.15, 0.2) is 0 Å². The summed E-state index contributed by atoms with van der Waals surface area (Å²) in [4.78, 5) is 23.2. The average Bonchev–Trinajstić information content (AvgIpc) is 2.83. The Morgan fingerprint density at radius 1 is 1.16 bits per heavy atom. The van der Waals surface area contributed by atoms with Gasteiger partial charge in [0.1, 0.15) is 0 Å². The molecule has 2 saturated carbocycles. The van der Waals surface area contributed by atoms with Gasteiger partial charge in [-0.25, -0.2) is 0 Å². The second kappa shape index (κ2) is 6.37. The summed E-state index contributed by atoms with van der Waals surface area (Å²) < 4.78 is 0. The van der Waals surface area contributed by atoms with Gasteiger partial charge in [0, 0.05) is 18.5 Å². The van der Waals surface area contributed by atoms with Crippen LogP contribution in [0.4, 0.5) is 0 Å². The number of aliphatic carboxylic acids is 1. The molecule has 0 spiro atoms. The highest BCUT2D eigenvalue weighted by Crippen LogP contribution is 2.30. The molecule has 4 atom stereocenters. The first kappa shape index (κ1) is 14.3. The molecule has 5 heteroatoms. The van der Waals surface area contributed by atoms with Gasteiger partial charge in [0.25, 0.3) is 0 Å². The molecule has 0 bridgehead atoms. The predicted octanol–water partition coefficient (Wildman–Crippen LogP) is 1.12. The van der Waals surface area contributed by atoms with Crippen molar-refractivity contribution in [3.63, 3.8) is 0 Å². The Bertz CT molecular complexity index is 346. The molecule has 19 heavy (non-hydrogen) atoms. The Labute approximate surface area is 113 Å².